The number of fused-ring (bicyclic) bond motifs is 1. The standard InChI is InChI=1S/C14H12N6O/c1-8-12-13(17-7-18-14(12)21)20(19-8)10-4-3-9(6-15)11(5-10)16-2/h3-5,7,16H,1-2H3,(H,17,18,21). The Morgan fingerprint density at radius 1 is 1.43 bits per heavy atom. The van der Waals surface area contributed by atoms with Gasteiger partial charge in [0.1, 0.15) is 11.5 Å². The van der Waals surface area contributed by atoms with Crippen molar-refractivity contribution in [3.8, 4) is 11.8 Å². The number of aryl methyl sites for hydroxylation is 1. The maximum Gasteiger partial charge on any atom is 0.262 e. The molecule has 104 valence electrons. The molecule has 0 saturated carbocycles. The molecule has 0 radical (unpaired) electrons. The average molecular weight is 280 g/mol. The van der Waals surface area contributed by atoms with Crippen molar-refractivity contribution in [2.45, 2.75) is 6.92 Å². The SMILES string of the molecule is CNc1cc(-n2nc(C)c3c(=O)[nH]cnc32)ccc1C#N. The van der Waals surface area contributed by atoms with Gasteiger partial charge in [-0.2, -0.15) is 10.4 Å². The maximum absolute atomic E-state index is 11.9. The Balaban J connectivity index is 2.29. The molecule has 7 nitrogen and oxygen atoms in total. The maximum atomic E-state index is 11.9. The lowest BCUT2D eigenvalue weighted by atomic mass is 10.1. The molecule has 2 aromatic heterocycles. The molecule has 0 aliphatic rings. The summed E-state index contributed by atoms with van der Waals surface area (Å²) < 4.78 is 1.60. The highest BCUT2D eigenvalue weighted by atomic mass is 16.1. The molecular weight excluding hydrogens is 268 g/mol. The van der Waals surface area contributed by atoms with Gasteiger partial charge in [-0.15, -0.1) is 0 Å². The Morgan fingerprint density at radius 2 is 2.24 bits per heavy atom. The molecule has 1 aromatic carbocycles. The van der Waals surface area contributed by atoms with Gasteiger partial charge in [0.05, 0.1) is 29.0 Å². The van der Waals surface area contributed by atoms with E-state index in [9.17, 15) is 4.79 Å². The van der Waals surface area contributed by atoms with E-state index in [-0.39, 0.29) is 5.56 Å². The van der Waals surface area contributed by atoms with Crippen molar-refractivity contribution in [2.24, 2.45) is 0 Å². The highest BCUT2D eigenvalue weighted by molar-refractivity contribution is 5.79. The number of H-pyrrole nitrogens is 1. The molecule has 0 aliphatic carbocycles. The second-order valence-electron chi connectivity index (χ2n) is 4.52. The number of nitrogens with one attached hydrogen (secondary N) is 2. The predicted molar refractivity (Wildman–Crippen MR) is 78.5 cm³/mol. The fourth-order valence-electron chi connectivity index (χ4n) is 2.27. The number of hydrogen-bond donors (Lipinski definition) is 2. The minimum absolute atomic E-state index is 0.216. The zero-order valence-corrected chi connectivity index (χ0v) is 11.5. The molecule has 3 rings (SSSR count). The highest BCUT2D eigenvalue weighted by Crippen LogP contribution is 2.22. The summed E-state index contributed by atoms with van der Waals surface area (Å²) in [5.41, 5.74) is 2.85. The third-order valence-corrected chi connectivity index (χ3v) is 3.28. The lowest BCUT2D eigenvalue weighted by molar-refractivity contribution is 0.876. The molecule has 0 spiro atoms. The Kier molecular flexibility index (Phi) is 2.92. The van der Waals surface area contributed by atoms with Crippen LogP contribution >= 0.6 is 0 Å². The number of nitrogens with zero attached hydrogens (tertiary/aromatic N) is 4. The van der Waals surface area contributed by atoms with Crippen LogP contribution in [0.25, 0.3) is 16.7 Å². The fraction of sp³-hybridized carbons (Fsp3) is 0.143. The quantitative estimate of drug-likeness (QED) is 0.737. The minimum Gasteiger partial charge on any atom is -0.387 e. The van der Waals surface area contributed by atoms with Gasteiger partial charge in [-0.05, 0) is 25.1 Å². The van der Waals surface area contributed by atoms with Gasteiger partial charge in [0.15, 0.2) is 5.65 Å². The molecule has 0 saturated heterocycles. The van der Waals surface area contributed by atoms with E-state index in [4.69, 9.17) is 5.26 Å². The third-order valence-electron chi connectivity index (χ3n) is 3.28. The first kappa shape index (κ1) is 12.9. The van der Waals surface area contributed by atoms with Crippen LogP contribution in [0, 0.1) is 18.3 Å². The summed E-state index contributed by atoms with van der Waals surface area (Å²) in [5, 5.41) is 16.9. The molecule has 21 heavy (non-hydrogen) atoms. The lowest BCUT2D eigenvalue weighted by Gasteiger charge is -2.07. The molecule has 0 unspecified atom stereocenters. The van der Waals surface area contributed by atoms with Crippen LogP contribution in [0.5, 0.6) is 0 Å². The van der Waals surface area contributed by atoms with E-state index >= 15 is 0 Å². The first-order chi connectivity index (χ1) is 10.2. The van der Waals surface area contributed by atoms with E-state index < -0.39 is 0 Å². The van der Waals surface area contributed by atoms with Crippen LogP contribution in [0.2, 0.25) is 0 Å². The van der Waals surface area contributed by atoms with Crippen LogP contribution < -0.4 is 10.9 Å². The molecule has 0 atom stereocenters. The summed E-state index contributed by atoms with van der Waals surface area (Å²) in [6, 6.07) is 7.39. The topological polar surface area (TPSA) is 99.4 Å². The summed E-state index contributed by atoms with van der Waals surface area (Å²) in [6.07, 6.45) is 1.35. The second-order valence-corrected chi connectivity index (χ2v) is 4.52. The molecule has 0 aliphatic heterocycles. The number of rotatable bonds is 2. The first-order valence-corrected chi connectivity index (χ1v) is 6.31. The van der Waals surface area contributed by atoms with Crippen molar-refractivity contribution in [3.63, 3.8) is 0 Å². The molecule has 0 bridgehead atoms. The Bertz CT molecular complexity index is 931. The average Bonchev–Trinajstić information content (AvgIpc) is 2.85. The summed E-state index contributed by atoms with van der Waals surface area (Å²) in [6.45, 7) is 1.76. The number of anilines is 1. The zero-order chi connectivity index (χ0) is 15.0. The van der Waals surface area contributed by atoms with Crippen molar-refractivity contribution in [1.82, 2.24) is 19.7 Å². The van der Waals surface area contributed by atoms with Crippen LogP contribution in [0.15, 0.2) is 29.3 Å². The molecule has 7 heteroatoms. The smallest absolute Gasteiger partial charge is 0.262 e. The molecule has 2 N–H and O–H groups in total. The van der Waals surface area contributed by atoms with Crippen LogP contribution in [0.1, 0.15) is 11.3 Å². The molecule has 2 heterocycles. The Morgan fingerprint density at radius 3 is 2.95 bits per heavy atom. The van der Waals surface area contributed by atoms with Crippen LogP contribution in [0.3, 0.4) is 0 Å². The molecule has 0 fully saturated rings. The van der Waals surface area contributed by atoms with Crippen molar-refractivity contribution < 1.29 is 0 Å². The van der Waals surface area contributed by atoms with Gasteiger partial charge >= 0.3 is 0 Å². The number of benzene rings is 1. The highest BCUT2D eigenvalue weighted by Gasteiger charge is 2.14. The minimum atomic E-state index is -0.216. The van der Waals surface area contributed by atoms with E-state index in [0.717, 1.165) is 5.69 Å². The zero-order valence-electron chi connectivity index (χ0n) is 11.5. The van der Waals surface area contributed by atoms with Crippen LogP contribution in [0.4, 0.5) is 5.69 Å². The van der Waals surface area contributed by atoms with Gasteiger partial charge in [0, 0.05) is 7.05 Å². The van der Waals surface area contributed by atoms with Gasteiger partial charge in [-0.3, -0.25) is 4.79 Å². The van der Waals surface area contributed by atoms with Gasteiger partial charge in [-0.1, -0.05) is 0 Å². The van der Waals surface area contributed by atoms with Crippen molar-refractivity contribution in [2.75, 3.05) is 12.4 Å². The normalized spacial score (nSPS) is 10.5. The van der Waals surface area contributed by atoms with Crippen LogP contribution in [-0.4, -0.2) is 26.8 Å². The fourth-order valence-corrected chi connectivity index (χ4v) is 2.27. The van der Waals surface area contributed by atoms with E-state index in [1.165, 1.54) is 6.33 Å². The largest absolute Gasteiger partial charge is 0.387 e. The van der Waals surface area contributed by atoms with Gasteiger partial charge < -0.3 is 10.3 Å². The monoisotopic (exact) mass is 280 g/mol. The number of aromatic amines is 1. The summed E-state index contributed by atoms with van der Waals surface area (Å²) >= 11 is 0. The van der Waals surface area contributed by atoms with Crippen molar-refractivity contribution in [3.05, 3.63) is 46.1 Å². The van der Waals surface area contributed by atoms with Gasteiger partial charge in [0.25, 0.3) is 5.56 Å². The molecular formula is C14H12N6O. The third kappa shape index (κ3) is 1.94. The number of aromatic nitrogens is 4. The van der Waals surface area contributed by atoms with Gasteiger partial charge in [-0.25, -0.2) is 9.67 Å². The second kappa shape index (κ2) is 4.76. The van der Waals surface area contributed by atoms with E-state index in [2.05, 4.69) is 26.5 Å². The summed E-state index contributed by atoms with van der Waals surface area (Å²) in [7, 11) is 1.75. The first-order valence-electron chi connectivity index (χ1n) is 6.31. The van der Waals surface area contributed by atoms with E-state index in [1.807, 2.05) is 0 Å². The van der Waals surface area contributed by atoms with Crippen molar-refractivity contribution in [1.29, 1.82) is 5.26 Å². The summed E-state index contributed by atoms with van der Waals surface area (Å²) in [4.78, 5) is 18.6. The molecule has 0 amide bonds. The number of nitriles is 1. The van der Waals surface area contributed by atoms with Gasteiger partial charge in [0.2, 0.25) is 0 Å². The van der Waals surface area contributed by atoms with E-state index in [1.54, 1.807) is 36.9 Å². The van der Waals surface area contributed by atoms with E-state index in [0.29, 0.717) is 28.0 Å². The predicted octanol–water partition coefficient (Wildman–Crippen LogP) is 1.33. The summed E-state index contributed by atoms with van der Waals surface area (Å²) in [5.74, 6) is 0. The Labute approximate surface area is 119 Å². The van der Waals surface area contributed by atoms with Crippen LogP contribution in [-0.2, 0) is 0 Å². The molecule has 3 aromatic rings. The Hall–Kier alpha value is -3.14. The lowest BCUT2D eigenvalue weighted by Crippen LogP contribution is -2.07. The van der Waals surface area contributed by atoms with Crippen molar-refractivity contribution >= 4 is 16.7 Å². The number of hydrogen-bond acceptors (Lipinski definition) is 5.